The molecule has 0 aliphatic rings. The Balaban J connectivity index is 0.000000322. The van der Waals surface area contributed by atoms with Gasteiger partial charge in [0.05, 0.1) is 66.6 Å². The normalized spacial score (nSPS) is 11.5. The molecular weight excluding hydrogens is 1310 g/mol. The Bertz CT molecular complexity index is 3940. The molecular formula is C47H55Cl2F3N13O19PS3. The monoisotopic (exact) mass is 1360 g/mol. The Morgan fingerprint density at radius 2 is 1.40 bits per heavy atom. The second-order valence-electron chi connectivity index (χ2n) is 17.7. The highest BCUT2D eigenvalue weighted by atomic mass is 35.5. The molecule has 0 radical (unpaired) electrons. The third-order valence-electron chi connectivity index (χ3n) is 9.88. The van der Waals surface area contributed by atoms with Gasteiger partial charge in [0, 0.05) is 24.1 Å². The van der Waals surface area contributed by atoms with Crippen LogP contribution in [0.2, 0.25) is 10.0 Å². The minimum atomic E-state index is -4.61. The maximum absolute atomic E-state index is 12.5. The Morgan fingerprint density at radius 1 is 0.818 bits per heavy atom. The topological polar surface area (TPSA) is 454 Å². The number of aromatic nitrogens is 8. The summed E-state index contributed by atoms with van der Waals surface area (Å²) in [5.74, 6) is 0.591. The van der Waals surface area contributed by atoms with Gasteiger partial charge < -0.3 is 38.3 Å². The molecule has 4 amide bonds. The standard InChI is InChI=1S/C15H14Cl2N2O3.C15H16F3N5O4S.C14H17N5O7S2.C3H8NO5P/c1-5-6-21-12-8-11(9(16)7-10(12)17)19-14(20)22-13(18-19)15(2,3)4;1-9-19-12(22-14(20-9)27-2)21-13(24)23-28(25,26)11-6-4-3-5-10(11)7-8-15(16,17)18;1-4-27(21,22)9-6-5-7-15-12(9)28(23,24)19-14(20)18-13-16-10(25-2)8-11(17-13)26-3;5-3(6)1-4-2-10(7,8)9/h1,7-8H,6H2,2-4H3;3-6H,7-8H2,1-2H3,(H2,19,20,21,22,23,24);5-8H,4H2,1-3H3,(H2,16,17,18,19,20);4H,1-2H2,(H,5,6)(H2,7,8,9). The number of carboxylic acid groups (broad SMARTS) is 1. The average Bonchev–Trinajstić information content (AvgIpc) is 2.78. The van der Waals surface area contributed by atoms with Crippen molar-refractivity contribution in [2.45, 2.75) is 73.9 Å². The summed E-state index contributed by atoms with van der Waals surface area (Å²) in [6.07, 6.45) is -0.545. The SMILES string of the molecule is C#CCOc1cc(-n2nc(C(C)(C)C)oc2=O)c(Cl)cc1Cl.CCS(=O)(=O)c1cccnc1S(=O)(=O)NC(=O)Nc1nc(OC)cc(OC)n1.COc1nc(C)nc(NC(=O)NS(=O)(=O)c2ccccc2CCC(F)(F)F)n1.O=C(O)CNCP(=O)(O)O. The highest BCUT2D eigenvalue weighted by Gasteiger charge is 2.31. The molecule has 41 heteroatoms. The van der Waals surface area contributed by atoms with Crippen molar-refractivity contribution in [3.05, 3.63) is 98.7 Å². The molecule has 0 saturated heterocycles. The first-order valence-electron chi connectivity index (χ1n) is 24.2. The van der Waals surface area contributed by atoms with Gasteiger partial charge in [-0.3, -0.25) is 25.3 Å². The maximum Gasteiger partial charge on any atom is 0.442 e. The minimum absolute atomic E-state index is 0.0434. The number of methoxy groups -OCH3 is 3. The molecule has 4 aromatic heterocycles. The summed E-state index contributed by atoms with van der Waals surface area (Å²) in [7, 11) is -13.1. The van der Waals surface area contributed by atoms with Crippen LogP contribution in [0.25, 0.3) is 5.69 Å². The Hall–Kier alpha value is -8.28. The van der Waals surface area contributed by atoms with E-state index in [1.165, 1.54) is 77.6 Å². The van der Waals surface area contributed by atoms with E-state index >= 15 is 0 Å². The lowest BCUT2D eigenvalue weighted by Gasteiger charge is -2.13. The fourth-order valence-electron chi connectivity index (χ4n) is 6.05. The molecule has 0 bridgehead atoms. The third kappa shape index (κ3) is 24.1. The summed E-state index contributed by atoms with van der Waals surface area (Å²) < 4.78 is 151. The largest absolute Gasteiger partial charge is 0.481 e. The Kier molecular flexibility index (Phi) is 27.0. The van der Waals surface area contributed by atoms with Crippen LogP contribution in [0, 0.1) is 19.3 Å². The van der Waals surface area contributed by atoms with Crippen LogP contribution in [0.3, 0.4) is 0 Å². The molecule has 0 unspecified atom stereocenters. The minimum Gasteiger partial charge on any atom is -0.481 e. The average molecular weight is 1360 g/mol. The van der Waals surface area contributed by atoms with Crippen LogP contribution in [0.1, 0.15) is 51.4 Å². The number of anilines is 2. The number of terminal acetylenes is 1. The van der Waals surface area contributed by atoms with Gasteiger partial charge in [-0.25, -0.2) is 45.6 Å². The van der Waals surface area contributed by atoms with E-state index in [2.05, 4.69) is 56.9 Å². The lowest BCUT2D eigenvalue weighted by molar-refractivity contribution is -0.136. The predicted octanol–water partition coefficient (Wildman–Crippen LogP) is 4.62. The number of hydrogen-bond donors (Lipinski definition) is 8. The van der Waals surface area contributed by atoms with Crippen LogP contribution >= 0.6 is 30.8 Å². The van der Waals surface area contributed by atoms with E-state index < -0.39 is 113 Å². The summed E-state index contributed by atoms with van der Waals surface area (Å²) in [6.45, 7) is 8.11. The summed E-state index contributed by atoms with van der Waals surface area (Å²) in [5, 5.41) is 18.2. The van der Waals surface area contributed by atoms with Crippen molar-refractivity contribution >= 4 is 90.6 Å². The first-order valence-corrected chi connectivity index (χ1v) is 31.3. The molecule has 2 aromatic carbocycles. The molecule has 8 N–H and O–H groups in total. The molecule has 4 heterocycles. The van der Waals surface area contributed by atoms with Crippen molar-refractivity contribution in [2.75, 3.05) is 57.2 Å². The number of urea groups is 2. The van der Waals surface area contributed by atoms with Crippen molar-refractivity contribution < 1.29 is 95.6 Å². The van der Waals surface area contributed by atoms with E-state index in [4.69, 9.17) is 67.9 Å². The molecule has 32 nitrogen and oxygen atoms in total. The summed E-state index contributed by atoms with van der Waals surface area (Å²) in [6, 6.07) is 9.24. The van der Waals surface area contributed by atoms with Gasteiger partial charge in [-0.15, -0.1) is 11.5 Å². The van der Waals surface area contributed by atoms with Crippen LogP contribution in [-0.2, 0) is 51.1 Å². The summed E-state index contributed by atoms with van der Waals surface area (Å²) >= 11 is 12.2. The number of nitrogens with one attached hydrogen (secondary N) is 5. The number of pyridine rings is 1. The predicted molar refractivity (Wildman–Crippen MR) is 305 cm³/mol. The van der Waals surface area contributed by atoms with Gasteiger partial charge in [-0.05, 0) is 43.2 Å². The number of rotatable bonds is 20. The number of nitrogens with zero attached hydrogens (tertiary/aromatic N) is 8. The molecule has 6 rings (SSSR count). The van der Waals surface area contributed by atoms with E-state index in [9.17, 15) is 62.2 Å². The number of alkyl halides is 3. The Morgan fingerprint density at radius 3 is 1.92 bits per heavy atom. The van der Waals surface area contributed by atoms with Crippen LogP contribution in [0.15, 0.2) is 84.8 Å². The number of ether oxygens (including phenoxy) is 4. The van der Waals surface area contributed by atoms with Gasteiger partial charge in [0.15, 0.2) is 14.9 Å². The molecule has 6 aromatic rings. The number of aliphatic carboxylic acids is 1. The van der Waals surface area contributed by atoms with Gasteiger partial charge in [0.25, 0.3) is 20.0 Å². The van der Waals surface area contributed by atoms with Gasteiger partial charge >= 0.3 is 43.6 Å². The zero-order valence-corrected chi connectivity index (χ0v) is 52.0. The number of hydrogen-bond acceptors (Lipinski definition) is 24. The molecule has 480 valence electrons. The van der Waals surface area contributed by atoms with Crippen molar-refractivity contribution in [2.24, 2.45) is 0 Å². The summed E-state index contributed by atoms with van der Waals surface area (Å²) in [4.78, 5) is 83.9. The molecule has 0 spiro atoms. The second kappa shape index (κ2) is 32.1. The van der Waals surface area contributed by atoms with E-state index in [0.29, 0.717) is 17.3 Å². The number of carbonyl (C=O) groups excluding carboxylic acids is 2. The number of aryl methyl sites for hydroxylation is 2. The van der Waals surface area contributed by atoms with Gasteiger partial charge in [-0.1, -0.05) is 75.0 Å². The smallest absolute Gasteiger partial charge is 0.442 e. The fourth-order valence-corrected chi connectivity index (χ4v) is 10.7. The van der Waals surface area contributed by atoms with Gasteiger partial charge in [-0.2, -0.15) is 51.2 Å². The zero-order valence-electron chi connectivity index (χ0n) is 47.1. The van der Waals surface area contributed by atoms with Crippen LogP contribution in [0.5, 0.6) is 23.5 Å². The van der Waals surface area contributed by atoms with E-state index in [0.717, 1.165) is 23.0 Å². The summed E-state index contributed by atoms with van der Waals surface area (Å²) in [5.41, 5.74) is -0.174. The van der Waals surface area contributed by atoms with Crippen LogP contribution in [-0.4, -0.2) is 151 Å². The molecule has 0 atom stereocenters. The highest BCUT2D eigenvalue weighted by molar-refractivity contribution is 7.93. The van der Waals surface area contributed by atoms with Gasteiger partial charge in [0.1, 0.15) is 23.1 Å². The van der Waals surface area contributed by atoms with Crippen molar-refractivity contribution in [1.82, 2.24) is 54.4 Å². The maximum atomic E-state index is 12.5. The number of carboxylic acids is 1. The van der Waals surface area contributed by atoms with Crippen molar-refractivity contribution in [3.8, 4) is 41.6 Å². The first-order chi connectivity index (χ1) is 40.8. The first kappa shape index (κ1) is 74.0. The van der Waals surface area contributed by atoms with Gasteiger partial charge in [0.2, 0.25) is 29.5 Å². The number of sulfone groups is 1. The number of benzene rings is 2. The quantitative estimate of drug-likeness (QED) is 0.0381. The lowest BCUT2D eigenvalue weighted by Crippen LogP contribution is -2.36. The van der Waals surface area contributed by atoms with E-state index in [1.54, 1.807) is 9.44 Å². The third-order valence-corrected chi connectivity index (χ3v) is 15.7. The number of carbonyl (C=O) groups is 3. The van der Waals surface area contributed by atoms with Crippen molar-refractivity contribution in [3.63, 3.8) is 0 Å². The van der Waals surface area contributed by atoms with Crippen LogP contribution in [0.4, 0.5) is 34.7 Å². The molecule has 0 saturated carbocycles. The lowest BCUT2D eigenvalue weighted by atomic mass is 9.97. The number of halogens is 5. The van der Waals surface area contributed by atoms with Crippen molar-refractivity contribution in [1.29, 1.82) is 0 Å². The highest BCUT2D eigenvalue weighted by Crippen LogP contribution is 2.34. The molecule has 88 heavy (non-hydrogen) atoms. The number of sulfonamides is 2. The molecule has 0 aliphatic heterocycles. The number of amides is 4. The van der Waals surface area contributed by atoms with E-state index in [1.807, 2.05) is 20.8 Å². The van der Waals surface area contributed by atoms with Crippen LogP contribution < -0.4 is 50.1 Å². The van der Waals surface area contributed by atoms with E-state index in [-0.39, 0.29) is 63.5 Å². The Labute approximate surface area is 509 Å². The second-order valence-corrected chi connectivity index (χ2v) is 25.7. The molecule has 0 aliphatic carbocycles. The fraction of sp³-hybridized carbons (Fsp3) is 0.340. The zero-order chi connectivity index (χ0) is 66.6. The molecule has 0 fully saturated rings.